The van der Waals surface area contributed by atoms with Crippen LogP contribution >= 0.6 is 0 Å². The number of aliphatic hydroxyl groups is 1. The van der Waals surface area contributed by atoms with Crippen molar-refractivity contribution in [3.05, 3.63) is 24.0 Å². The lowest BCUT2D eigenvalue weighted by atomic mass is 9.81. The molecule has 0 radical (unpaired) electrons. The van der Waals surface area contributed by atoms with E-state index in [2.05, 4.69) is 25.8 Å². The van der Waals surface area contributed by atoms with Crippen LogP contribution in [0.2, 0.25) is 0 Å². The Kier molecular flexibility index (Phi) is 2.58. The molecule has 0 aromatic carbocycles. The molecule has 1 atom stereocenters. The molecule has 0 aliphatic carbocycles. The van der Waals surface area contributed by atoms with Gasteiger partial charge in [0.05, 0.1) is 6.10 Å². The number of aliphatic hydroxyl groups excluding tert-OH is 1. The molecule has 1 unspecified atom stereocenters. The zero-order chi connectivity index (χ0) is 9.19. The van der Waals surface area contributed by atoms with E-state index in [1.165, 1.54) is 0 Å². The van der Waals surface area contributed by atoms with Gasteiger partial charge in [-0.1, -0.05) is 20.8 Å². The topological polar surface area (TPSA) is 36.0 Å². The van der Waals surface area contributed by atoms with Gasteiger partial charge in [0.25, 0.3) is 0 Å². The first-order valence-electron chi connectivity index (χ1n) is 4.38. The highest BCUT2D eigenvalue weighted by Crippen LogP contribution is 2.35. The number of rotatable bonds is 3. The van der Waals surface area contributed by atoms with Gasteiger partial charge in [0.2, 0.25) is 0 Å². The minimum atomic E-state index is -0.367. The predicted octanol–water partition coefficient (Wildman–Crippen LogP) is 2.48. The lowest BCUT2D eigenvalue weighted by molar-refractivity contribution is 0.0467. The largest absolute Gasteiger partial charge is 0.388 e. The van der Waals surface area contributed by atoms with Gasteiger partial charge in [-0.2, -0.15) is 0 Å². The Bertz CT molecular complexity index is 226. The zero-order valence-electron chi connectivity index (χ0n) is 7.96. The molecule has 0 amide bonds. The fourth-order valence-electron chi connectivity index (χ4n) is 1.15. The van der Waals surface area contributed by atoms with E-state index in [0.717, 1.165) is 12.0 Å². The fourth-order valence-corrected chi connectivity index (χ4v) is 1.15. The molecule has 68 valence electrons. The maximum atomic E-state index is 9.92. The van der Waals surface area contributed by atoms with Crippen LogP contribution in [-0.4, -0.2) is 10.1 Å². The summed E-state index contributed by atoms with van der Waals surface area (Å²) in [6, 6.07) is 1.92. The van der Waals surface area contributed by atoms with Crippen LogP contribution < -0.4 is 0 Å². The predicted molar refractivity (Wildman–Crippen MR) is 49.8 cm³/mol. The molecule has 1 heterocycles. The first-order valence-corrected chi connectivity index (χ1v) is 4.38. The molecule has 2 nitrogen and oxygen atoms in total. The third kappa shape index (κ3) is 1.69. The molecule has 12 heavy (non-hydrogen) atoms. The van der Waals surface area contributed by atoms with Crippen molar-refractivity contribution in [3.63, 3.8) is 0 Å². The van der Waals surface area contributed by atoms with E-state index in [9.17, 15) is 5.11 Å². The normalized spacial score (nSPS) is 14.7. The Hall–Kier alpha value is -0.760. The lowest BCUT2D eigenvalue weighted by Gasteiger charge is -2.28. The van der Waals surface area contributed by atoms with Gasteiger partial charge in [-0.05, 0) is 23.5 Å². The molecule has 0 fully saturated rings. The van der Waals surface area contributed by atoms with Crippen LogP contribution in [0, 0.1) is 5.41 Å². The smallest absolute Gasteiger partial charge is 0.0855 e. The Labute approximate surface area is 73.6 Å². The van der Waals surface area contributed by atoms with Crippen LogP contribution in [0.4, 0.5) is 0 Å². The molecule has 1 aromatic rings. The van der Waals surface area contributed by atoms with E-state index in [0.29, 0.717) is 0 Å². The van der Waals surface area contributed by atoms with Crippen LogP contribution in [0.1, 0.15) is 38.9 Å². The van der Waals surface area contributed by atoms with Crippen molar-refractivity contribution in [1.29, 1.82) is 0 Å². The van der Waals surface area contributed by atoms with Gasteiger partial charge in [-0.3, -0.25) is 0 Å². The summed E-state index contributed by atoms with van der Waals surface area (Å²) in [5.41, 5.74) is 0.934. The Balaban J connectivity index is 2.78. The van der Waals surface area contributed by atoms with Crippen molar-refractivity contribution in [2.24, 2.45) is 5.41 Å². The molecule has 2 heteroatoms. The van der Waals surface area contributed by atoms with Crippen LogP contribution in [0.25, 0.3) is 0 Å². The van der Waals surface area contributed by atoms with E-state index < -0.39 is 0 Å². The number of aromatic nitrogens is 1. The summed E-state index contributed by atoms with van der Waals surface area (Å²) in [6.45, 7) is 6.24. The van der Waals surface area contributed by atoms with Gasteiger partial charge < -0.3 is 10.1 Å². The second-order valence-electron chi connectivity index (χ2n) is 3.89. The highest BCUT2D eigenvalue weighted by Gasteiger charge is 2.27. The average molecular weight is 167 g/mol. The summed E-state index contributed by atoms with van der Waals surface area (Å²) in [4.78, 5) is 2.95. The van der Waals surface area contributed by atoms with Crippen LogP contribution in [0.3, 0.4) is 0 Å². The molecule has 1 rings (SSSR count). The highest BCUT2D eigenvalue weighted by molar-refractivity contribution is 5.14. The van der Waals surface area contributed by atoms with Crippen molar-refractivity contribution in [2.75, 3.05) is 0 Å². The Morgan fingerprint density at radius 2 is 2.25 bits per heavy atom. The molecule has 0 bridgehead atoms. The highest BCUT2D eigenvalue weighted by atomic mass is 16.3. The molecule has 0 aliphatic rings. The summed E-state index contributed by atoms with van der Waals surface area (Å²) >= 11 is 0. The van der Waals surface area contributed by atoms with Crippen LogP contribution in [-0.2, 0) is 0 Å². The molecule has 2 N–H and O–H groups in total. The second kappa shape index (κ2) is 3.31. The van der Waals surface area contributed by atoms with E-state index >= 15 is 0 Å². The summed E-state index contributed by atoms with van der Waals surface area (Å²) in [5, 5.41) is 9.92. The molecule has 0 spiro atoms. The number of hydrogen-bond donors (Lipinski definition) is 2. The van der Waals surface area contributed by atoms with Crippen molar-refractivity contribution >= 4 is 0 Å². The SMILES string of the molecule is CCC(C)(C)C(O)c1cc[nH]c1. The summed E-state index contributed by atoms with van der Waals surface area (Å²) < 4.78 is 0. The van der Waals surface area contributed by atoms with E-state index in [4.69, 9.17) is 0 Å². The average Bonchev–Trinajstić information content (AvgIpc) is 2.55. The third-order valence-electron chi connectivity index (χ3n) is 2.59. The quantitative estimate of drug-likeness (QED) is 0.712. The third-order valence-corrected chi connectivity index (χ3v) is 2.59. The molecular weight excluding hydrogens is 150 g/mol. The molecular formula is C10H17NO. The van der Waals surface area contributed by atoms with Gasteiger partial charge in [-0.25, -0.2) is 0 Å². The molecule has 0 saturated carbocycles. The van der Waals surface area contributed by atoms with Crippen LogP contribution in [0.15, 0.2) is 18.5 Å². The fraction of sp³-hybridized carbons (Fsp3) is 0.600. The Morgan fingerprint density at radius 3 is 2.67 bits per heavy atom. The van der Waals surface area contributed by atoms with Crippen LogP contribution in [0.5, 0.6) is 0 Å². The second-order valence-corrected chi connectivity index (χ2v) is 3.89. The maximum absolute atomic E-state index is 9.92. The van der Waals surface area contributed by atoms with Gasteiger partial charge in [0, 0.05) is 12.4 Å². The van der Waals surface area contributed by atoms with Crippen molar-refractivity contribution in [2.45, 2.75) is 33.3 Å². The summed E-state index contributed by atoms with van der Waals surface area (Å²) in [7, 11) is 0. The van der Waals surface area contributed by atoms with Crippen molar-refractivity contribution < 1.29 is 5.11 Å². The number of nitrogens with one attached hydrogen (secondary N) is 1. The number of aromatic amines is 1. The number of hydrogen-bond acceptors (Lipinski definition) is 1. The van der Waals surface area contributed by atoms with Gasteiger partial charge >= 0.3 is 0 Å². The monoisotopic (exact) mass is 167 g/mol. The summed E-state index contributed by atoms with van der Waals surface area (Å²) in [6.07, 6.45) is 4.29. The molecule has 1 aromatic heterocycles. The van der Waals surface area contributed by atoms with Gasteiger partial charge in [-0.15, -0.1) is 0 Å². The first kappa shape index (κ1) is 9.33. The Morgan fingerprint density at radius 1 is 1.58 bits per heavy atom. The van der Waals surface area contributed by atoms with Crippen molar-refractivity contribution in [1.82, 2.24) is 4.98 Å². The zero-order valence-corrected chi connectivity index (χ0v) is 7.96. The van der Waals surface area contributed by atoms with Crippen molar-refractivity contribution in [3.8, 4) is 0 Å². The van der Waals surface area contributed by atoms with Gasteiger partial charge in [0.15, 0.2) is 0 Å². The summed E-state index contributed by atoms with van der Waals surface area (Å²) in [5.74, 6) is 0. The minimum absolute atomic E-state index is 0.0395. The standard InChI is InChI=1S/C10H17NO/c1-4-10(2,3)9(12)8-5-6-11-7-8/h5-7,9,11-12H,4H2,1-3H3. The maximum Gasteiger partial charge on any atom is 0.0855 e. The lowest BCUT2D eigenvalue weighted by Crippen LogP contribution is -2.20. The van der Waals surface area contributed by atoms with Gasteiger partial charge in [0.1, 0.15) is 0 Å². The molecule has 0 saturated heterocycles. The van der Waals surface area contributed by atoms with E-state index in [1.54, 1.807) is 0 Å². The first-order chi connectivity index (χ1) is 5.58. The number of H-pyrrole nitrogens is 1. The minimum Gasteiger partial charge on any atom is -0.388 e. The van der Waals surface area contributed by atoms with E-state index in [1.807, 2.05) is 18.5 Å². The van der Waals surface area contributed by atoms with E-state index in [-0.39, 0.29) is 11.5 Å². The molecule has 0 aliphatic heterocycles.